The normalized spacial score (nSPS) is 28.8. The monoisotopic (exact) mass is 371 g/mol. The highest BCUT2D eigenvalue weighted by atomic mass is 32.2. The summed E-state index contributed by atoms with van der Waals surface area (Å²) in [5, 5.41) is 3.17. The van der Waals surface area contributed by atoms with Crippen LogP contribution < -0.4 is 5.32 Å². The lowest BCUT2D eigenvalue weighted by molar-refractivity contribution is -0.126. The molecule has 25 heavy (non-hydrogen) atoms. The molecular formula is C18H33N3O3S. The Kier molecular flexibility index (Phi) is 6.39. The minimum Gasteiger partial charge on any atom is -0.353 e. The zero-order chi connectivity index (χ0) is 17.9. The maximum Gasteiger partial charge on any atom is 0.282 e. The molecule has 6 nitrogen and oxygen atoms in total. The van der Waals surface area contributed by atoms with E-state index in [1.807, 2.05) is 6.92 Å². The van der Waals surface area contributed by atoms with Crippen LogP contribution >= 0.6 is 0 Å². The number of amides is 1. The summed E-state index contributed by atoms with van der Waals surface area (Å²) < 4.78 is 29.1. The maximum atomic E-state index is 12.9. The molecule has 3 aliphatic rings. The van der Waals surface area contributed by atoms with Crippen LogP contribution in [0.2, 0.25) is 0 Å². The highest BCUT2D eigenvalue weighted by molar-refractivity contribution is 7.86. The molecule has 0 aromatic rings. The van der Waals surface area contributed by atoms with E-state index in [1.54, 1.807) is 8.61 Å². The van der Waals surface area contributed by atoms with E-state index >= 15 is 0 Å². The lowest BCUT2D eigenvalue weighted by Gasteiger charge is -2.39. The molecule has 1 aliphatic carbocycles. The fourth-order valence-electron chi connectivity index (χ4n) is 4.48. The second-order valence-corrected chi connectivity index (χ2v) is 9.86. The lowest BCUT2D eigenvalue weighted by Crippen LogP contribution is -2.54. The van der Waals surface area contributed by atoms with Crippen molar-refractivity contribution in [1.82, 2.24) is 13.9 Å². The molecule has 1 atom stereocenters. The Morgan fingerprint density at radius 2 is 1.52 bits per heavy atom. The largest absolute Gasteiger partial charge is 0.353 e. The molecule has 0 aromatic heterocycles. The van der Waals surface area contributed by atoms with Gasteiger partial charge in [0.1, 0.15) is 0 Å². The Hall–Kier alpha value is -0.660. The van der Waals surface area contributed by atoms with Crippen molar-refractivity contribution in [3.05, 3.63) is 0 Å². The Balaban J connectivity index is 1.50. The highest BCUT2D eigenvalue weighted by Gasteiger charge is 2.37. The van der Waals surface area contributed by atoms with Crippen LogP contribution in [0.3, 0.4) is 0 Å². The number of hydrogen-bond acceptors (Lipinski definition) is 3. The van der Waals surface area contributed by atoms with Gasteiger partial charge in [-0.3, -0.25) is 4.79 Å². The fourth-order valence-corrected chi connectivity index (χ4v) is 6.37. The molecule has 3 rings (SSSR count). The second-order valence-electron chi connectivity index (χ2n) is 7.98. The van der Waals surface area contributed by atoms with Crippen LogP contribution in [0.1, 0.15) is 71.1 Å². The summed E-state index contributed by atoms with van der Waals surface area (Å²) in [6.45, 7) is 3.68. The van der Waals surface area contributed by atoms with E-state index in [-0.39, 0.29) is 23.9 Å². The number of piperidine rings is 2. The Morgan fingerprint density at radius 3 is 2.16 bits per heavy atom. The first-order chi connectivity index (χ1) is 12.0. The van der Waals surface area contributed by atoms with Crippen molar-refractivity contribution in [2.24, 2.45) is 5.92 Å². The quantitative estimate of drug-likeness (QED) is 0.824. The average Bonchev–Trinajstić information content (AvgIpc) is 2.63. The predicted molar refractivity (Wildman–Crippen MR) is 98.3 cm³/mol. The van der Waals surface area contributed by atoms with Gasteiger partial charge in [-0.15, -0.1) is 0 Å². The molecule has 2 aliphatic heterocycles. The second kappa shape index (κ2) is 8.35. The third-order valence-corrected chi connectivity index (χ3v) is 8.29. The van der Waals surface area contributed by atoms with Crippen LogP contribution in [0.5, 0.6) is 0 Å². The number of nitrogens with one attached hydrogen (secondary N) is 1. The Bertz CT molecular complexity index is 552. The van der Waals surface area contributed by atoms with E-state index in [1.165, 1.54) is 6.42 Å². The van der Waals surface area contributed by atoms with Gasteiger partial charge in [0.25, 0.3) is 10.2 Å². The van der Waals surface area contributed by atoms with Gasteiger partial charge in [0.05, 0.1) is 0 Å². The lowest BCUT2D eigenvalue weighted by atomic mass is 9.88. The molecule has 2 saturated heterocycles. The first-order valence-electron chi connectivity index (χ1n) is 10.1. The summed E-state index contributed by atoms with van der Waals surface area (Å²) in [4.78, 5) is 12.4. The summed E-state index contributed by atoms with van der Waals surface area (Å²) in [7, 11) is -3.35. The van der Waals surface area contributed by atoms with Crippen molar-refractivity contribution in [1.29, 1.82) is 0 Å². The minimum atomic E-state index is -3.35. The molecule has 1 N–H and O–H groups in total. The molecule has 144 valence electrons. The number of hydrogen-bond donors (Lipinski definition) is 1. The van der Waals surface area contributed by atoms with Crippen molar-refractivity contribution >= 4 is 16.1 Å². The molecular weight excluding hydrogens is 338 g/mol. The van der Waals surface area contributed by atoms with Crippen molar-refractivity contribution in [3.8, 4) is 0 Å². The average molecular weight is 372 g/mol. The molecule has 1 amide bonds. The number of carbonyl (C=O) groups excluding carboxylic acids is 1. The molecule has 1 unspecified atom stereocenters. The van der Waals surface area contributed by atoms with E-state index in [0.29, 0.717) is 19.6 Å². The zero-order valence-corrected chi connectivity index (χ0v) is 16.3. The summed E-state index contributed by atoms with van der Waals surface area (Å²) in [5.41, 5.74) is 0. The van der Waals surface area contributed by atoms with E-state index in [4.69, 9.17) is 0 Å². The van der Waals surface area contributed by atoms with Crippen LogP contribution in [0, 0.1) is 5.92 Å². The first-order valence-corrected chi connectivity index (χ1v) is 11.5. The fraction of sp³-hybridized carbons (Fsp3) is 0.944. The van der Waals surface area contributed by atoms with Gasteiger partial charge in [0, 0.05) is 37.6 Å². The summed E-state index contributed by atoms with van der Waals surface area (Å²) in [6, 6.07) is 0.224. The Morgan fingerprint density at radius 1 is 0.880 bits per heavy atom. The summed E-state index contributed by atoms with van der Waals surface area (Å²) in [6.07, 6.45) is 10.0. The zero-order valence-electron chi connectivity index (χ0n) is 15.5. The van der Waals surface area contributed by atoms with Crippen LogP contribution in [0.25, 0.3) is 0 Å². The summed E-state index contributed by atoms with van der Waals surface area (Å²) >= 11 is 0. The van der Waals surface area contributed by atoms with Gasteiger partial charge in [0.15, 0.2) is 0 Å². The van der Waals surface area contributed by atoms with Gasteiger partial charge >= 0.3 is 0 Å². The third-order valence-electron chi connectivity index (χ3n) is 6.14. The van der Waals surface area contributed by atoms with Gasteiger partial charge in [0.2, 0.25) is 5.91 Å². The van der Waals surface area contributed by atoms with E-state index in [2.05, 4.69) is 5.32 Å². The van der Waals surface area contributed by atoms with Crippen LogP contribution in [0.15, 0.2) is 0 Å². The van der Waals surface area contributed by atoms with Crippen molar-refractivity contribution in [2.45, 2.75) is 83.2 Å². The van der Waals surface area contributed by atoms with Gasteiger partial charge in [-0.25, -0.2) is 0 Å². The molecule has 0 radical (unpaired) electrons. The van der Waals surface area contributed by atoms with Crippen LogP contribution in [-0.4, -0.2) is 54.7 Å². The van der Waals surface area contributed by atoms with Crippen LogP contribution in [-0.2, 0) is 15.0 Å². The molecule has 7 heteroatoms. The van der Waals surface area contributed by atoms with Crippen molar-refractivity contribution in [2.75, 3.05) is 19.6 Å². The molecule has 0 aromatic carbocycles. The third kappa shape index (κ3) is 4.55. The van der Waals surface area contributed by atoms with Crippen molar-refractivity contribution in [3.63, 3.8) is 0 Å². The standard InChI is InChI=1S/C18H33N3O3S/c1-15-7-5-6-12-21(15)25(23,24)20-13-10-17(11-14-20)19-18(22)16-8-3-2-4-9-16/h15-17H,2-14H2,1H3,(H,19,22). The molecule has 0 spiro atoms. The van der Waals surface area contributed by atoms with E-state index < -0.39 is 10.2 Å². The number of carbonyl (C=O) groups is 1. The van der Waals surface area contributed by atoms with E-state index in [9.17, 15) is 13.2 Å². The summed E-state index contributed by atoms with van der Waals surface area (Å²) in [5.74, 6) is 0.357. The minimum absolute atomic E-state index is 0.0995. The van der Waals surface area contributed by atoms with Crippen LogP contribution in [0.4, 0.5) is 0 Å². The molecule has 3 fully saturated rings. The molecule has 1 saturated carbocycles. The van der Waals surface area contributed by atoms with Gasteiger partial charge in [-0.1, -0.05) is 25.7 Å². The maximum absolute atomic E-state index is 12.9. The van der Waals surface area contributed by atoms with Crippen molar-refractivity contribution < 1.29 is 13.2 Å². The predicted octanol–water partition coefficient (Wildman–Crippen LogP) is 2.27. The highest BCUT2D eigenvalue weighted by Crippen LogP contribution is 2.26. The molecule has 0 bridgehead atoms. The van der Waals surface area contributed by atoms with Gasteiger partial charge < -0.3 is 5.32 Å². The smallest absolute Gasteiger partial charge is 0.282 e. The topological polar surface area (TPSA) is 69.7 Å². The first kappa shape index (κ1) is 19.1. The van der Waals surface area contributed by atoms with Gasteiger partial charge in [-0.05, 0) is 45.4 Å². The van der Waals surface area contributed by atoms with Gasteiger partial charge in [-0.2, -0.15) is 17.0 Å². The van der Waals surface area contributed by atoms with E-state index in [0.717, 1.165) is 57.8 Å². The SMILES string of the molecule is CC1CCCCN1S(=O)(=O)N1CCC(NC(=O)C2CCCCC2)CC1. The number of nitrogens with zero attached hydrogens (tertiary/aromatic N) is 2. The molecule has 2 heterocycles. The Labute approximate surface area is 152 Å². The number of rotatable bonds is 4.